The molecule has 2 aromatic heterocycles. The largest absolute Gasteiger partial charge is 0.338 e. The van der Waals surface area contributed by atoms with Crippen molar-refractivity contribution in [3.05, 3.63) is 69.5 Å². The number of benzene rings is 1. The van der Waals surface area contributed by atoms with Crippen LogP contribution in [0.3, 0.4) is 0 Å². The van der Waals surface area contributed by atoms with Gasteiger partial charge in [0.1, 0.15) is 11.6 Å². The third kappa shape index (κ3) is 2.47. The molecule has 3 aromatic rings. The van der Waals surface area contributed by atoms with Gasteiger partial charge in [0.05, 0.1) is 11.0 Å². The number of pyridine rings is 1. The number of hydrogen-bond acceptors (Lipinski definition) is 4. The summed E-state index contributed by atoms with van der Waals surface area (Å²) in [6.45, 7) is 1.77. The summed E-state index contributed by atoms with van der Waals surface area (Å²) < 4.78 is 32.9. The molecule has 0 bridgehead atoms. The molecule has 25 heavy (non-hydrogen) atoms. The summed E-state index contributed by atoms with van der Waals surface area (Å²) in [5.41, 5.74) is 0.271. The maximum Gasteiger partial charge on any atom is 0.259 e. The molecule has 1 saturated carbocycles. The molecule has 1 aliphatic carbocycles. The van der Waals surface area contributed by atoms with Crippen molar-refractivity contribution < 1.29 is 13.3 Å². The highest BCUT2D eigenvalue weighted by Crippen LogP contribution is 2.49. The van der Waals surface area contributed by atoms with E-state index in [1.165, 1.54) is 12.1 Å². The van der Waals surface area contributed by atoms with E-state index in [1.54, 1.807) is 19.1 Å². The van der Waals surface area contributed by atoms with Gasteiger partial charge in [0.2, 0.25) is 11.7 Å². The smallest absolute Gasteiger partial charge is 0.259 e. The number of H-pyrrole nitrogens is 1. The monoisotopic (exact) mass is 343 g/mol. The number of nitrogens with one attached hydrogen (secondary N) is 1. The Labute approximate surface area is 141 Å². The van der Waals surface area contributed by atoms with E-state index in [2.05, 4.69) is 15.1 Å². The predicted molar refractivity (Wildman–Crippen MR) is 86.1 cm³/mol. The van der Waals surface area contributed by atoms with Crippen LogP contribution in [0.1, 0.15) is 36.4 Å². The summed E-state index contributed by atoms with van der Waals surface area (Å²) in [6, 6.07) is 6.87. The van der Waals surface area contributed by atoms with Gasteiger partial charge in [-0.2, -0.15) is 4.98 Å². The molecule has 2 heterocycles. The van der Waals surface area contributed by atoms with Crippen molar-refractivity contribution in [1.82, 2.24) is 15.1 Å². The summed E-state index contributed by atoms with van der Waals surface area (Å²) >= 11 is 0. The average molecular weight is 343 g/mol. The van der Waals surface area contributed by atoms with Crippen LogP contribution < -0.4 is 5.56 Å². The first-order chi connectivity index (χ1) is 12.0. The molecule has 0 atom stereocenters. The molecule has 0 radical (unpaired) electrons. The van der Waals surface area contributed by atoms with Gasteiger partial charge in [-0.15, -0.1) is 0 Å². The molecule has 0 spiro atoms. The van der Waals surface area contributed by atoms with Gasteiger partial charge in [0.15, 0.2) is 0 Å². The number of aromatic amines is 1. The van der Waals surface area contributed by atoms with E-state index in [-0.39, 0.29) is 22.8 Å². The molecular weight excluding hydrogens is 328 g/mol. The van der Waals surface area contributed by atoms with Gasteiger partial charge >= 0.3 is 0 Å². The third-order valence-corrected chi connectivity index (χ3v) is 4.79. The first kappa shape index (κ1) is 15.7. The Bertz CT molecular complexity index is 1010. The van der Waals surface area contributed by atoms with Crippen LogP contribution in [0, 0.1) is 18.6 Å². The summed E-state index contributed by atoms with van der Waals surface area (Å²) in [7, 11) is 0. The fraction of sp³-hybridized carbons (Fsp3) is 0.278. The van der Waals surface area contributed by atoms with Crippen molar-refractivity contribution in [2.75, 3.05) is 0 Å². The molecular formula is C18H15F2N3O2. The zero-order valence-corrected chi connectivity index (χ0v) is 13.5. The van der Waals surface area contributed by atoms with Crippen LogP contribution in [-0.4, -0.2) is 15.1 Å². The van der Waals surface area contributed by atoms with Crippen molar-refractivity contribution in [3.8, 4) is 11.4 Å². The lowest BCUT2D eigenvalue weighted by molar-refractivity contribution is 0.211. The minimum absolute atomic E-state index is 0.157. The SMILES string of the molecule is Cc1ccc(-c2noc(C3(c4ccc(F)cc4F)CCC3)n2)c(=O)[nH]1. The number of halogens is 2. The zero-order chi connectivity index (χ0) is 17.6. The Kier molecular flexibility index (Phi) is 3.52. The van der Waals surface area contributed by atoms with Crippen molar-refractivity contribution in [2.45, 2.75) is 31.6 Å². The molecule has 7 heteroatoms. The first-order valence-electron chi connectivity index (χ1n) is 8.00. The second-order valence-corrected chi connectivity index (χ2v) is 6.37. The normalized spacial score (nSPS) is 15.8. The molecule has 1 aliphatic rings. The number of aryl methyl sites for hydroxylation is 1. The predicted octanol–water partition coefficient (Wildman–Crippen LogP) is 3.48. The van der Waals surface area contributed by atoms with E-state index in [0.717, 1.165) is 18.2 Å². The number of hydrogen-bond donors (Lipinski definition) is 1. The molecule has 0 amide bonds. The molecule has 128 valence electrons. The lowest BCUT2D eigenvalue weighted by atomic mass is 9.64. The minimum atomic E-state index is -0.763. The maximum atomic E-state index is 14.3. The Morgan fingerprint density at radius 2 is 2.00 bits per heavy atom. The average Bonchev–Trinajstić information content (AvgIpc) is 2.98. The van der Waals surface area contributed by atoms with Gasteiger partial charge in [0.25, 0.3) is 5.56 Å². The van der Waals surface area contributed by atoms with Gasteiger partial charge in [-0.05, 0) is 38.0 Å². The molecule has 0 aliphatic heterocycles. The molecule has 1 N–H and O–H groups in total. The molecule has 5 nitrogen and oxygen atoms in total. The van der Waals surface area contributed by atoms with Crippen LogP contribution >= 0.6 is 0 Å². The van der Waals surface area contributed by atoms with Gasteiger partial charge in [-0.1, -0.05) is 17.6 Å². The van der Waals surface area contributed by atoms with Gasteiger partial charge < -0.3 is 9.51 Å². The fourth-order valence-corrected chi connectivity index (χ4v) is 3.28. The van der Waals surface area contributed by atoms with Gasteiger partial charge in [0, 0.05) is 17.3 Å². The topological polar surface area (TPSA) is 71.8 Å². The highest BCUT2D eigenvalue weighted by Gasteiger charge is 2.47. The van der Waals surface area contributed by atoms with Crippen LogP contribution in [0.5, 0.6) is 0 Å². The second kappa shape index (κ2) is 5.61. The fourth-order valence-electron chi connectivity index (χ4n) is 3.28. The van der Waals surface area contributed by atoms with Crippen LogP contribution in [0.25, 0.3) is 11.4 Å². The van der Waals surface area contributed by atoms with Crippen LogP contribution in [0.15, 0.2) is 39.6 Å². The van der Waals surface area contributed by atoms with Crippen molar-refractivity contribution in [2.24, 2.45) is 0 Å². The van der Waals surface area contributed by atoms with E-state index in [0.29, 0.717) is 18.4 Å². The van der Waals surface area contributed by atoms with Crippen molar-refractivity contribution in [1.29, 1.82) is 0 Å². The lowest BCUT2D eigenvalue weighted by Gasteiger charge is -2.38. The first-order valence-corrected chi connectivity index (χ1v) is 8.00. The van der Waals surface area contributed by atoms with Crippen LogP contribution in [0.4, 0.5) is 8.78 Å². The van der Waals surface area contributed by atoms with E-state index >= 15 is 0 Å². The second-order valence-electron chi connectivity index (χ2n) is 6.37. The highest BCUT2D eigenvalue weighted by molar-refractivity contribution is 5.53. The van der Waals surface area contributed by atoms with Crippen LogP contribution in [0.2, 0.25) is 0 Å². The Balaban J connectivity index is 1.79. The molecule has 4 rings (SSSR count). The number of nitrogens with zero attached hydrogens (tertiary/aromatic N) is 2. The highest BCUT2D eigenvalue weighted by atomic mass is 19.1. The maximum absolute atomic E-state index is 14.3. The van der Waals surface area contributed by atoms with E-state index < -0.39 is 17.0 Å². The number of rotatable bonds is 3. The van der Waals surface area contributed by atoms with Gasteiger partial charge in [-0.25, -0.2) is 8.78 Å². The molecule has 1 aromatic carbocycles. The van der Waals surface area contributed by atoms with Crippen molar-refractivity contribution in [3.63, 3.8) is 0 Å². The molecule has 0 unspecified atom stereocenters. The van der Waals surface area contributed by atoms with Gasteiger partial charge in [-0.3, -0.25) is 4.79 Å². The summed E-state index contributed by atoms with van der Waals surface area (Å²) in [5.74, 6) is -0.856. The minimum Gasteiger partial charge on any atom is -0.338 e. The summed E-state index contributed by atoms with van der Waals surface area (Å²) in [5, 5.41) is 3.89. The van der Waals surface area contributed by atoms with E-state index in [9.17, 15) is 13.6 Å². The van der Waals surface area contributed by atoms with Crippen LogP contribution in [-0.2, 0) is 5.41 Å². The Morgan fingerprint density at radius 1 is 1.20 bits per heavy atom. The Hall–Kier alpha value is -2.83. The van der Waals surface area contributed by atoms with Crippen molar-refractivity contribution >= 4 is 0 Å². The molecule has 0 saturated heterocycles. The van der Waals surface area contributed by atoms with E-state index in [1.807, 2.05) is 0 Å². The third-order valence-electron chi connectivity index (χ3n) is 4.79. The standard InChI is InChI=1S/C18H15F2N3O2/c1-10-3-5-12(16(24)21-10)15-22-17(25-23-15)18(7-2-8-18)13-6-4-11(19)9-14(13)20/h3-6,9H,2,7-8H2,1H3,(H,21,24). The lowest BCUT2D eigenvalue weighted by Crippen LogP contribution is -2.36. The summed E-state index contributed by atoms with van der Waals surface area (Å²) in [6.07, 6.45) is 2.13. The Morgan fingerprint density at radius 3 is 2.64 bits per heavy atom. The molecule has 1 fully saturated rings. The van der Waals surface area contributed by atoms with E-state index in [4.69, 9.17) is 4.52 Å². The summed E-state index contributed by atoms with van der Waals surface area (Å²) in [4.78, 5) is 19.1. The quantitative estimate of drug-likeness (QED) is 0.790. The zero-order valence-electron chi connectivity index (χ0n) is 13.5. The number of aromatic nitrogens is 3.